The smallest absolute Gasteiger partial charge is 0.339 e. The van der Waals surface area contributed by atoms with E-state index in [2.05, 4.69) is 5.32 Å². The Morgan fingerprint density at radius 1 is 1.28 bits per heavy atom. The Labute approximate surface area is 145 Å². The number of ether oxygens (including phenoxy) is 1. The fourth-order valence-corrected chi connectivity index (χ4v) is 3.15. The van der Waals surface area contributed by atoms with Crippen LogP contribution < -0.4 is 5.32 Å². The van der Waals surface area contributed by atoms with Gasteiger partial charge in [0.25, 0.3) is 5.91 Å². The molecule has 25 heavy (non-hydrogen) atoms. The topological polar surface area (TPSA) is 88.8 Å². The van der Waals surface area contributed by atoms with Gasteiger partial charge in [0.1, 0.15) is 11.3 Å². The second-order valence-electron chi connectivity index (χ2n) is 6.07. The zero-order valence-electron chi connectivity index (χ0n) is 14.0. The quantitative estimate of drug-likeness (QED) is 0.841. The number of carboxylic acids is 1. The molecule has 1 aromatic carbocycles. The molecule has 1 aliphatic rings. The lowest BCUT2D eigenvalue weighted by Crippen LogP contribution is -2.30. The molecule has 1 saturated heterocycles. The number of carboxylic acid groups (broad SMARTS) is 1. The minimum Gasteiger partial charge on any atom is -0.478 e. The van der Waals surface area contributed by atoms with Crippen LogP contribution in [-0.2, 0) is 11.2 Å². The van der Waals surface area contributed by atoms with Crippen LogP contribution >= 0.6 is 0 Å². The van der Waals surface area contributed by atoms with E-state index in [1.807, 2.05) is 30.3 Å². The van der Waals surface area contributed by atoms with E-state index in [9.17, 15) is 9.59 Å². The van der Waals surface area contributed by atoms with E-state index in [1.54, 1.807) is 6.92 Å². The van der Waals surface area contributed by atoms with Crippen LogP contribution in [0.25, 0.3) is 0 Å². The molecule has 0 bridgehead atoms. The molecule has 0 spiro atoms. The molecule has 0 aliphatic carbocycles. The largest absolute Gasteiger partial charge is 0.478 e. The van der Waals surface area contributed by atoms with Crippen LogP contribution in [0.3, 0.4) is 0 Å². The maximum atomic E-state index is 12.3. The van der Waals surface area contributed by atoms with Crippen molar-refractivity contribution in [1.29, 1.82) is 0 Å². The molecule has 6 nitrogen and oxygen atoms in total. The minimum atomic E-state index is -1.09. The predicted molar refractivity (Wildman–Crippen MR) is 90.6 cm³/mol. The lowest BCUT2D eigenvalue weighted by atomic mass is 9.95. The summed E-state index contributed by atoms with van der Waals surface area (Å²) in [6.45, 7) is 2.89. The average molecular weight is 343 g/mol. The monoisotopic (exact) mass is 343 g/mol. The van der Waals surface area contributed by atoms with Crippen molar-refractivity contribution < 1.29 is 23.8 Å². The standard InChI is InChI=1S/C19H21NO5/c1-2-15-14(19(22)23)10-16(25-15)18(21)20-11-13-8-9-24-17(13)12-6-4-3-5-7-12/h3-7,10,13,17H,2,8-9,11H2,1H3,(H,20,21)(H,22,23)/t13-,17-/m1/s1. The van der Waals surface area contributed by atoms with E-state index in [-0.39, 0.29) is 23.3 Å². The van der Waals surface area contributed by atoms with Crippen molar-refractivity contribution in [2.45, 2.75) is 25.9 Å². The van der Waals surface area contributed by atoms with Crippen molar-refractivity contribution in [1.82, 2.24) is 5.32 Å². The lowest BCUT2D eigenvalue weighted by molar-refractivity contribution is 0.0693. The van der Waals surface area contributed by atoms with Crippen LogP contribution in [0.4, 0.5) is 0 Å². The number of carbonyl (C=O) groups excluding carboxylic acids is 1. The van der Waals surface area contributed by atoms with Gasteiger partial charge in [-0.2, -0.15) is 0 Å². The third-order valence-corrected chi connectivity index (χ3v) is 4.45. The number of aromatic carboxylic acids is 1. The molecule has 2 N–H and O–H groups in total. The van der Waals surface area contributed by atoms with E-state index in [0.29, 0.717) is 25.3 Å². The van der Waals surface area contributed by atoms with Gasteiger partial charge in [0.2, 0.25) is 0 Å². The Morgan fingerprint density at radius 3 is 2.68 bits per heavy atom. The summed E-state index contributed by atoms with van der Waals surface area (Å²) in [6.07, 6.45) is 1.24. The highest BCUT2D eigenvalue weighted by atomic mass is 16.5. The SMILES string of the molecule is CCc1oc(C(=O)NC[C@H]2CCO[C@@H]2c2ccccc2)cc1C(=O)O. The van der Waals surface area contributed by atoms with E-state index in [0.717, 1.165) is 12.0 Å². The van der Waals surface area contributed by atoms with E-state index in [1.165, 1.54) is 6.07 Å². The van der Waals surface area contributed by atoms with Crippen LogP contribution in [0.5, 0.6) is 0 Å². The molecule has 132 valence electrons. The Hall–Kier alpha value is -2.60. The van der Waals surface area contributed by atoms with Gasteiger partial charge < -0.3 is 19.6 Å². The second-order valence-corrected chi connectivity index (χ2v) is 6.07. The first-order valence-corrected chi connectivity index (χ1v) is 8.41. The number of rotatable bonds is 6. The van der Waals surface area contributed by atoms with E-state index < -0.39 is 11.9 Å². The van der Waals surface area contributed by atoms with E-state index in [4.69, 9.17) is 14.3 Å². The maximum Gasteiger partial charge on any atom is 0.339 e. The van der Waals surface area contributed by atoms with Crippen molar-refractivity contribution in [2.24, 2.45) is 5.92 Å². The number of hydrogen-bond acceptors (Lipinski definition) is 4. The van der Waals surface area contributed by atoms with Gasteiger partial charge in [-0.3, -0.25) is 4.79 Å². The highest BCUT2D eigenvalue weighted by Crippen LogP contribution is 2.33. The number of benzene rings is 1. The minimum absolute atomic E-state index is 0.0319. The summed E-state index contributed by atoms with van der Waals surface area (Å²) < 4.78 is 11.2. The molecule has 1 amide bonds. The molecule has 1 aromatic heterocycles. The molecule has 1 aliphatic heterocycles. The first kappa shape index (κ1) is 17.2. The maximum absolute atomic E-state index is 12.3. The molecule has 0 radical (unpaired) electrons. The summed E-state index contributed by atoms with van der Waals surface area (Å²) in [5, 5.41) is 12.0. The average Bonchev–Trinajstić information content (AvgIpc) is 3.27. The van der Waals surface area contributed by atoms with Crippen LogP contribution in [0, 0.1) is 5.92 Å². The molecule has 2 atom stereocenters. The predicted octanol–water partition coefficient (Wildman–Crippen LogP) is 3.05. The Kier molecular flexibility index (Phi) is 5.19. The normalized spacial score (nSPS) is 19.7. The summed E-state index contributed by atoms with van der Waals surface area (Å²) >= 11 is 0. The summed E-state index contributed by atoms with van der Waals surface area (Å²) in [5.41, 5.74) is 1.14. The highest BCUT2D eigenvalue weighted by molar-refractivity contribution is 5.96. The molecule has 6 heteroatoms. The Balaban J connectivity index is 1.65. The summed E-state index contributed by atoms with van der Waals surface area (Å²) in [7, 11) is 0. The number of furan rings is 1. The van der Waals surface area contributed by atoms with E-state index >= 15 is 0 Å². The third-order valence-electron chi connectivity index (χ3n) is 4.45. The number of hydrogen-bond donors (Lipinski definition) is 2. The Morgan fingerprint density at radius 2 is 2.04 bits per heavy atom. The zero-order chi connectivity index (χ0) is 17.8. The summed E-state index contributed by atoms with van der Waals surface area (Å²) in [5.74, 6) is -0.978. The van der Waals surface area contributed by atoms with Crippen LogP contribution in [0.15, 0.2) is 40.8 Å². The van der Waals surface area contributed by atoms with Gasteiger partial charge in [-0.1, -0.05) is 37.3 Å². The third kappa shape index (κ3) is 3.74. The fraction of sp³-hybridized carbons (Fsp3) is 0.368. The van der Waals surface area contributed by atoms with Gasteiger partial charge in [0.05, 0.1) is 6.10 Å². The van der Waals surface area contributed by atoms with Gasteiger partial charge in [0.15, 0.2) is 5.76 Å². The molecule has 0 saturated carbocycles. The fourth-order valence-electron chi connectivity index (χ4n) is 3.15. The van der Waals surface area contributed by atoms with Gasteiger partial charge in [0, 0.05) is 31.6 Å². The molecular formula is C19H21NO5. The van der Waals surface area contributed by atoms with Crippen molar-refractivity contribution in [3.05, 3.63) is 59.0 Å². The molecule has 2 heterocycles. The number of aryl methyl sites for hydroxylation is 1. The van der Waals surface area contributed by atoms with Gasteiger partial charge >= 0.3 is 5.97 Å². The van der Waals surface area contributed by atoms with Crippen LogP contribution in [-0.4, -0.2) is 30.1 Å². The molecule has 0 unspecified atom stereocenters. The van der Waals surface area contributed by atoms with Gasteiger partial charge in [-0.15, -0.1) is 0 Å². The van der Waals surface area contributed by atoms with Crippen molar-refractivity contribution in [3.63, 3.8) is 0 Å². The van der Waals surface area contributed by atoms with Crippen LogP contribution in [0.1, 0.15) is 51.7 Å². The summed E-state index contributed by atoms with van der Waals surface area (Å²) in [6, 6.07) is 11.2. The van der Waals surface area contributed by atoms with Gasteiger partial charge in [-0.05, 0) is 12.0 Å². The van der Waals surface area contributed by atoms with Crippen molar-refractivity contribution in [3.8, 4) is 0 Å². The highest BCUT2D eigenvalue weighted by Gasteiger charge is 2.30. The van der Waals surface area contributed by atoms with Crippen molar-refractivity contribution in [2.75, 3.05) is 13.2 Å². The van der Waals surface area contributed by atoms with Crippen molar-refractivity contribution >= 4 is 11.9 Å². The molecule has 3 rings (SSSR count). The molecule has 1 fully saturated rings. The number of amides is 1. The first-order valence-electron chi connectivity index (χ1n) is 8.41. The summed E-state index contributed by atoms with van der Waals surface area (Å²) in [4.78, 5) is 23.5. The number of nitrogens with one attached hydrogen (secondary N) is 1. The first-order chi connectivity index (χ1) is 12.1. The molecular weight excluding hydrogens is 322 g/mol. The molecule has 2 aromatic rings. The Bertz CT molecular complexity index is 752. The second kappa shape index (κ2) is 7.53. The zero-order valence-corrected chi connectivity index (χ0v) is 14.0. The number of carbonyl (C=O) groups is 2. The van der Waals surface area contributed by atoms with Gasteiger partial charge in [-0.25, -0.2) is 4.79 Å². The van der Waals surface area contributed by atoms with Crippen LogP contribution in [0.2, 0.25) is 0 Å². The lowest BCUT2D eigenvalue weighted by Gasteiger charge is -2.19.